The SMILES string of the molecule is CCc1ccc(NC(=O)NCC2CCN(c3cccc(OC)c3)C2)cc1. The van der Waals surface area contributed by atoms with Crippen LogP contribution in [0.25, 0.3) is 0 Å². The average molecular weight is 353 g/mol. The maximum atomic E-state index is 12.1. The van der Waals surface area contributed by atoms with Gasteiger partial charge in [0, 0.05) is 37.1 Å². The van der Waals surface area contributed by atoms with Crippen molar-refractivity contribution in [3.05, 3.63) is 54.1 Å². The highest BCUT2D eigenvalue weighted by Gasteiger charge is 2.23. The average Bonchev–Trinajstić information content (AvgIpc) is 3.16. The number of anilines is 2. The van der Waals surface area contributed by atoms with E-state index in [-0.39, 0.29) is 6.03 Å². The molecule has 2 amide bonds. The second-order valence-corrected chi connectivity index (χ2v) is 6.69. The van der Waals surface area contributed by atoms with Crippen molar-refractivity contribution in [1.82, 2.24) is 5.32 Å². The Hall–Kier alpha value is -2.69. The van der Waals surface area contributed by atoms with Crippen molar-refractivity contribution in [2.75, 3.05) is 37.0 Å². The van der Waals surface area contributed by atoms with E-state index in [1.54, 1.807) is 7.11 Å². The zero-order valence-electron chi connectivity index (χ0n) is 15.5. The molecule has 5 heteroatoms. The first kappa shape index (κ1) is 18.1. The molecule has 2 aromatic rings. The molecule has 0 saturated carbocycles. The molecule has 0 aliphatic carbocycles. The monoisotopic (exact) mass is 353 g/mol. The highest BCUT2D eigenvalue weighted by Crippen LogP contribution is 2.26. The first-order chi connectivity index (χ1) is 12.7. The first-order valence-electron chi connectivity index (χ1n) is 9.20. The van der Waals surface area contributed by atoms with Crippen molar-refractivity contribution in [2.24, 2.45) is 5.92 Å². The van der Waals surface area contributed by atoms with Crippen LogP contribution in [-0.2, 0) is 6.42 Å². The number of hydrogen-bond acceptors (Lipinski definition) is 3. The van der Waals surface area contributed by atoms with Crippen LogP contribution in [0.4, 0.5) is 16.2 Å². The molecule has 2 N–H and O–H groups in total. The van der Waals surface area contributed by atoms with E-state index >= 15 is 0 Å². The summed E-state index contributed by atoms with van der Waals surface area (Å²) in [5.41, 5.74) is 3.26. The molecular weight excluding hydrogens is 326 g/mol. The number of amides is 2. The molecule has 2 aromatic carbocycles. The largest absolute Gasteiger partial charge is 0.497 e. The van der Waals surface area contributed by atoms with E-state index in [0.29, 0.717) is 12.5 Å². The highest BCUT2D eigenvalue weighted by atomic mass is 16.5. The number of carbonyl (C=O) groups excluding carboxylic acids is 1. The number of ether oxygens (including phenoxy) is 1. The van der Waals surface area contributed by atoms with Crippen LogP contribution in [-0.4, -0.2) is 32.8 Å². The Kier molecular flexibility index (Phi) is 6.00. The summed E-state index contributed by atoms with van der Waals surface area (Å²) in [7, 11) is 1.68. The van der Waals surface area contributed by atoms with Gasteiger partial charge in [0.25, 0.3) is 0 Å². The Labute approximate surface area is 155 Å². The van der Waals surface area contributed by atoms with Crippen LogP contribution in [0.3, 0.4) is 0 Å². The van der Waals surface area contributed by atoms with Gasteiger partial charge in [0.05, 0.1) is 7.11 Å². The van der Waals surface area contributed by atoms with Gasteiger partial charge in [0.15, 0.2) is 0 Å². The van der Waals surface area contributed by atoms with Gasteiger partial charge in [-0.1, -0.05) is 25.1 Å². The minimum atomic E-state index is -0.144. The molecule has 1 aliphatic rings. The second-order valence-electron chi connectivity index (χ2n) is 6.69. The molecule has 1 heterocycles. The Morgan fingerprint density at radius 1 is 1.23 bits per heavy atom. The van der Waals surface area contributed by atoms with Gasteiger partial charge in [-0.3, -0.25) is 0 Å². The van der Waals surface area contributed by atoms with Crippen LogP contribution in [0, 0.1) is 5.92 Å². The molecule has 0 aromatic heterocycles. The third-order valence-corrected chi connectivity index (χ3v) is 4.88. The van der Waals surface area contributed by atoms with E-state index in [1.165, 1.54) is 11.3 Å². The number of rotatable bonds is 6. The smallest absolute Gasteiger partial charge is 0.319 e. The Balaban J connectivity index is 1.45. The van der Waals surface area contributed by atoms with Crippen LogP contribution in [0.2, 0.25) is 0 Å². The van der Waals surface area contributed by atoms with Crippen LogP contribution in [0.5, 0.6) is 5.75 Å². The summed E-state index contributed by atoms with van der Waals surface area (Å²) in [6.07, 6.45) is 2.07. The molecule has 0 bridgehead atoms. The highest BCUT2D eigenvalue weighted by molar-refractivity contribution is 5.89. The number of hydrogen-bond donors (Lipinski definition) is 2. The van der Waals surface area contributed by atoms with Crippen molar-refractivity contribution in [2.45, 2.75) is 19.8 Å². The molecule has 26 heavy (non-hydrogen) atoms. The third-order valence-electron chi connectivity index (χ3n) is 4.88. The summed E-state index contributed by atoms with van der Waals surface area (Å²) in [5, 5.41) is 5.89. The van der Waals surface area contributed by atoms with Crippen molar-refractivity contribution >= 4 is 17.4 Å². The van der Waals surface area contributed by atoms with Crippen molar-refractivity contribution in [1.29, 1.82) is 0 Å². The molecule has 3 rings (SSSR count). The van der Waals surface area contributed by atoms with Crippen LogP contribution in [0.15, 0.2) is 48.5 Å². The minimum Gasteiger partial charge on any atom is -0.497 e. The lowest BCUT2D eigenvalue weighted by atomic mass is 10.1. The number of carbonyl (C=O) groups is 1. The number of benzene rings is 2. The molecule has 0 radical (unpaired) electrons. The molecule has 0 spiro atoms. The lowest BCUT2D eigenvalue weighted by molar-refractivity contribution is 0.250. The van der Waals surface area contributed by atoms with Crippen LogP contribution < -0.4 is 20.3 Å². The Morgan fingerprint density at radius 2 is 2.04 bits per heavy atom. The second kappa shape index (κ2) is 8.61. The molecular formula is C21H27N3O2. The van der Waals surface area contributed by atoms with Gasteiger partial charge in [-0.05, 0) is 48.6 Å². The Morgan fingerprint density at radius 3 is 2.77 bits per heavy atom. The Bertz CT molecular complexity index is 730. The third kappa shape index (κ3) is 4.69. The number of methoxy groups -OCH3 is 1. The van der Waals surface area contributed by atoms with E-state index in [1.807, 2.05) is 36.4 Å². The van der Waals surface area contributed by atoms with Gasteiger partial charge in [-0.15, -0.1) is 0 Å². The summed E-state index contributed by atoms with van der Waals surface area (Å²) >= 11 is 0. The van der Waals surface area contributed by atoms with Crippen molar-refractivity contribution < 1.29 is 9.53 Å². The summed E-state index contributed by atoms with van der Waals surface area (Å²) in [5.74, 6) is 1.33. The topological polar surface area (TPSA) is 53.6 Å². The zero-order valence-corrected chi connectivity index (χ0v) is 15.5. The molecule has 1 unspecified atom stereocenters. The summed E-state index contributed by atoms with van der Waals surface area (Å²) in [6.45, 7) is 4.74. The fraction of sp³-hybridized carbons (Fsp3) is 0.381. The maximum Gasteiger partial charge on any atom is 0.319 e. The molecule has 1 atom stereocenters. The number of urea groups is 1. The minimum absolute atomic E-state index is 0.144. The maximum absolute atomic E-state index is 12.1. The lowest BCUT2D eigenvalue weighted by Crippen LogP contribution is -2.34. The standard InChI is InChI=1S/C21H27N3O2/c1-3-16-7-9-18(10-8-16)23-21(25)22-14-17-11-12-24(15-17)19-5-4-6-20(13-19)26-2/h4-10,13,17H,3,11-12,14-15H2,1-2H3,(H2,22,23,25). The molecule has 1 aliphatic heterocycles. The van der Waals surface area contributed by atoms with E-state index in [4.69, 9.17) is 4.74 Å². The quantitative estimate of drug-likeness (QED) is 0.828. The molecule has 5 nitrogen and oxygen atoms in total. The summed E-state index contributed by atoms with van der Waals surface area (Å²) in [6, 6.07) is 15.9. The van der Waals surface area contributed by atoms with Gasteiger partial charge >= 0.3 is 6.03 Å². The van der Waals surface area contributed by atoms with Gasteiger partial charge in [-0.25, -0.2) is 4.79 Å². The summed E-state index contributed by atoms with van der Waals surface area (Å²) < 4.78 is 5.30. The molecule has 138 valence electrons. The number of nitrogens with zero attached hydrogens (tertiary/aromatic N) is 1. The van der Waals surface area contributed by atoms with Crippen LogP contribution in [0.1, 0.15) is 18.9 Å². The molecule has 1 fully saturated rings. The van der Waals surface area contributed by atoms with E-state index in [9.17, 15) is 4.79 Å². The normalized spacial score (nSPS) is 16.4. The van der Waals surface area contributed by atoms with Gasteiger partial charge < -0.3 is 20.3 Å². The fourth-order valence-corrected chi connectivity index (χ4v) is 3.28. The van der Waals surface area contributed by atoms with Gasteiger partial charge in [-0.2, -0.15) is 0 Å². The van der Waals surface area contributed by atoms with E-state index in [0.717, 1.165) is 37.4 Å². The predicted octanol–water partition coefficient (Wildman–Crippen LogP) is 3.91. The van der Waals surface area contributed by atoms with Gasteiger partial charge in [0.2, 0.25) is 0 Å². The van der Waals surface area contributed by atoms with E-state index < -0.39 is 0 Å². The number of aryl methyl sites for hydroxylation is 1. The summed E-state index contributed by atoms with van der Waals surface area (Å²) in [4.78, 5) is 14.4. The first-order valence-corrected chi connectivity index (χ1v) is 9.20. The van der Waals surface area contributed by atoms with Crippen molar-refractivity contribution in [3.8, 4) is 5.75 Å². The van der Waals surface area contributed by atoms with Crippen LogP contribution >= 0.6 is 0 Å². The predicted molar refractivity (Wildman–Crippen MR) is 106 cm³/mol. The fourth-order valence-electron chi connectivity index (χ4n) is 3.28. The number of nitrogens with one attached hydrogen (secondary N) is 2. The zero-order chi connectivity index (χ0) is 18.4. The van der Waals surface area contributed by atoms with E-state index in [2.05, 4.69) is 34.6 Å². The lowest BCUT2D eigenvalue weighted by Gasteiger charge is -2.19. The van der Waals surface area contributed by atoms with Gasteiger partial charge in [0.1, 0.15) is 5.75 Å². The molecule has 1 saturated heterocycles. The van der Waals surface area contributed by atoms with Crippen molar-refractivity contribution in [3.63, 3.8) is 0 Å².